The lowest BCUT2D eigenvalue weighted by Gasteiger charge is -2.07. The van der Waals surface area contributed by atoms with E-state index in [2.05, 4.69) is 10.1 Å². The predicted molar refractivity (Wildman–Crippen MR) is 60.0 cm³/mol. The van der Waals surface area contributed by atoms with Gasteiger partial charge in [0.15, 0.2) is 0 Å². The van der Waals surface area contributed by atoms with Crippen molar-refractivity contribution in [3.05, 3.63) is 0 Å². The van der Waals surface area contributed by atoms with Crippen LogP contribution in [0.2, 0.25) is 0 Å². The molecule has 0 aliphatic heterocycles. The fourth-order valence-electron chi connectivity index (χ4n) is 1.02. The Morgan fingerprint density at radius 3 is 2.50 bits per heavy atom. The van der Waals surface area contributed by atoms with E-state index in [0.717, 1.165) is 12.8 Å². The summed E-state index contributed by atoms with van der Waals surface area (Å²) in [5, 5.41) is 2.49. The van der Waals surface area contributed by atoms with Crippen LogP contribution in [0.4, 0.5) is 0 Å². The van der Waals surface area contributed by atoms with E-state index in [1.54, 1.807) is 6.92 Å². The number of amides is 1. The van der Waals surface area contributed by atoms with Gasteiger partial charge in [-0.2, -0.15) is 0 Å². The van der Waals surface area contributed by atoms with Crippen LogP contribution in [0, 0.1) is 0 Å². The molecule has 0 aliphatic carbocycles. The van der Waals surface area contributed by atoms with Gasteiger partial charge in [-0.25, -0.2) is 4.79 Å². The molecule has 0 aromatic heterocycles. The van der Waals surface area contributed by atoms with Gasteiger partial charge in [0.25, 0.3) is 0 Å². The quantitative estimate of drug-likeness (QED) is 0.401. The Labute approximate surface area is 96.5 Å². The monoisotopic (exact) mass is 231 g/mol. The van der Waals surface area contributed by atoms with Crippen molar-refractivity contribution in [1.29, 1.82) is 0 Å². The van der Waals surface area contributed by atoms with E-state index in [4.69, 9.17) is 4.74 Å². The third-order valence-electron chi connectivity index (χ3n) is 1.77. The fraction of sp³-hybridized carbons (Fsp3) is 0.818. The second-order valence-electron chi connectivity index (χ2n) is 3.60. The van der Waals surface area contributed by atoms with E-state index in [1.807, 2.05) is 13.8 Å². The van der Waals surface area contributed by atoms with E-state index in [1.165, 1.54) is 0 Å². The highest BCUT2D eigenvalue weighted by molar-refractivity contribution is 6.32. The summed E-state index contributed by atoms with van der Waals surface area (Å²) in [5.41, 5.74) is 0. The van der Waals surface area contributed by atoms with Gasteiger partial charge in [0.1, 0.15) is 0 Å². The molecule has 0 heterocycles. The van der Waals surface area contributed by atoms with Crippen LogP contribution in [0.3, 0.4) is 0 Å². The molecule has 1 N–H and O–H groups in total. The van der Waals surface area contributed by atoms with E-state index >= 15 is 0 Å². The number of hydrogen-bond acceptors (Lipinski definition) is 4. The molecular weight excluding hydrogens is 210 g/mol. The van der Waals surface area contributed by atoms with Crippen molar-refractivity contribution in [2.45, 2.75) is 39.7 Å². The van der Waals surface area contributed by atoms with Gasteiger partial charge < -0.3 is 14.8 Å². The number of ether oxygens (including phenoxy) is 2. The number of nitrogens with one attached hydrogen (secondary N) is 1. The Morgan fingerprint density at radius 2 is 1.94 bits per heavy atom. The summed E-state index contributed by atoms with van der Waals surface area (Å²) in [5.74, 6) is -1.49. The molecule has 0 saturated carbocycles. The number of unbranched alkanes of at least 4 members (excludes halogenated alkanes) is 1. The molecule has 0 radical (unpaired) electrons. The highest BCUT2D eigenvalue weighted by Crippen LogP contribution is 1.93. The first kappa shape index (κ1) is 14.9. The molecule has 0 saturated heterocycles. The van der Waals surface area contributed by atoms with Crippen molar-refractivity contribution < 1.29 is 19.1 Å². The van der Waals surface area contributed by atoms with E-state index < -0.39 is 11.9 Å². The summed E-state index contributed by atoms with van der Waals surface area (Å²) >= 11 is 0. The average Bonchev–Trinajstić information content (AvgIpc) is 2.22. The Hall–Kier alpha value is -1.10. The maximum atomic E-state index is 11.1. The lowest BCUT2D eigenvalue weighted by Crippen LogP contribution is -2.33. The zero-order chi connectivity index (χ0) is 12.4. The Kier molecular flexibility index (Phi) is 8.52. The van der Waals surface area contributed by atoms with Crippen molar-refractivity contribution in [2.24, 2.45) is 0 Å². The van der Waals surface area contributed by atoms with Crippen LogP contribution >= 0.6 is 0 Å². The van der Waals surface area contributed by atoms with Crippen molar-refractivity contribution in [3.8, 4) is 0 Å². The third-order valence-corrected chi connectivity index (χ3v) is 1.77. The Morgan fingerprint density at radius 1 is 1.25 bits per heavy atom. The minimum atomic E-state index is -0.819. The summed E-state index contributed by atoms with van der Waals surface area (Å²) < 4.78 is 9.87. The summed E-state index contributed by atoms with van der Waals surface area (Å²) in [6.07, 6.45) is 1.88. The van der Waals surface area contributed by atoms with Crippen LogP contribution < -0.4 is 5.32 Å². The second kappa shape index (κ2) is 9.15. The molecular formula is C11H21NO4. The topological polar surface area (TPSA) is 64.6 Å². The molecule has 94 valence electrons. The van der Waals surface area contributed by atoms with Crippen LogP contribution in [0.15, 0.2) is 0 Å². The highest BCUT2D eigenvalue weighted by atomic mass is 16.5. The molecule has 0 bridgehead atoms. The van der Waals surface area contributed by atoms with Gasteiger partial charge in [0.2, 0.25) is 0 Å². The van der Waals surface area contributed by atoms with E-state index in [-0.39, 0.29) is 12.7 Å². The standard InChI is InChI=1S/C11H21NO4/c1-4-15-11(14)10(13)12-7-5-6-8-16-9(2)3/h9H,4-8H2,1-3H3,(H,12,13). The van der Waals surface area contributed by atoms with Gasteiger partial charge in [-0.3, -0.25) is 4.79 Å². The molecule has 0 rings (SSSR count). The van der Waals surface area contributed by atoms with Gasteiger partial charge >= 0.3 is 11.9 Å². The minimum absolute atomic E-state index is 0.217. The summed E-state index contributed by atoms with van der Waals surface area (Å²) in [4.78, 5) is 22.0. The van der Waals surface area contributed by atoms with Crippen LogP contribution in [0.1, 0.15) is 33.6 Å². The third kappa shape index (κ3) is 8.23. The van der Waals surface area contributed by atoms with E-state index in [9.17, 15) is 9.59 Å². The summed E-state index contributed by atoms with van der Waals surface area (Å²) in [7, 11) is 0. The smallest absolute Gasteiger partial charge is 0.396 e. The van der Waals surface area contributed by atoms with Crippen LogP contribution in [0.5, 0.6) is 0 Å². The first-order valence-electron chi connectivity index (χ1n) is 5.64. The van der Waals surface area contributed by atoms with Gasteiger partial charge in [-0.15, -0.1) is 0 Å². The molecule has 1 amide bonds. The molecule has 16 heavy (non-hydrogen) atoms. The Balaban J connectivity index is 3.38. The zero-order valence-electron chi connectivity index (χ0n) is 10.2. The molecule has 0 aromatic rings. The molecule has 0 unspecified atom stereocenters. The number of hydrogen-bond donors (Lipinski definition) is 1. The average molecular weight is 231 g/mol. The lowest BCUT2D eigenvalue weighted by atomic mass is 10.3. The van der Waals surface area contributed by atoms with Crippen molar-refractivity contribution >= 4 is 11.9 Å². The van der Waals surface area contributed by atoms with Crippen molar-refractivity contribution in [2.75, 3.05) is 19.8 Å². The van der Waals surface area contributed by atoms with Crippen LogP contribution in [-0.4, -0.2) is 37.7 Å². The van der Waals surface area contributed by atoms with Crippen LogP contribution in [-0.2, 0) is 19.1 Å². The SMILES string of the molecule is CCOC(=O)C(=O)NCCCCOC(C)C. The number of carbonyl (C=O) groups excluding carboxylic acids is 2. The first-order chi connectivity index (χ1) is 7.57. The van der Waals surface area contributed by atoms with Crippen molar-refractivity contribution in [1.82, 2.24) is 5.32 Å². The fourth-order valence-corrected chi connectivity index (χ4v) is 1.02. The molecule has 0 atom stereocenters. The van der Waals surface area contributed by atoms with Gasteiger partial charge in [0, 0.05) is 13.2 Å². The molecule has 0 aromatic carbocycles. The highest BCUT2D eigenvalue weighted by Gasteiger charge is 2.12. The first-order valence-corrected chi connectivity index (χ1v) is 5.64. The van der Waals surface area contributed by atoms with Gasteiger partial charge in [-0.1, -0.05) is 0 Å². The molecule has 5 nitrogen and oxygen atoms in total. The summed E-state index contributed by atoms with van der Waals surface area (Å²) in [6.45, 7) is 6.97. The lowest BCUT2D eigenvalue weighted by molar-refractivity contribution is -0.154. The Bertz CT molecular complexity index is 216. The molecule has 0 spiro atoms. The van der Waals surface area contributed by atoms with E-state index in [0.29, 0.717) is 13.2 Å². The van der Waals surface area contributed by atoms with Crippen molar-refractivity contribution in [3.63, 3.8) is 0 Å². The second-order valence-corrected chi connectivity index (χ2v) is 3.60. The maximum Gasteiger partial charge on any atom is 0.396 e. The van der Waals surface area contributed by atoms with Crippen LogP contribution in [0.25, 0.3) is 0 Å². The molecule has 5 heteroatoms. The van der Waals surface area contributed by atoms with Gasteiger partial charge in [0.05, 0.1) is 12.7 Å². The largest absolute Gasteiger partial charge is 0.459 e. The van der Waals surface area contributed by atoms with Gasteiger partial charge in [-0.05, 0) is 33.6 Å². The number of esters is 1. The normalized spacial score (nSPS) is 10.2. The predicted octanol–water partition coefficient (Wildman–Crippen LogP) is 0.871. The number of carbonyl (C=O) groups is 2. The molecule has 0 fully saturated rings. The zero-order valence-corrected chi connectivity index (χ0v) is 10.2. The molecule has 0 aliphatic rings. The maximum absolute atomic E-state index is 11.1. The number of rotatable bonds is 7. The minimum Gasteiger partial charge on any atom is -0.459 e. The summed E-state index contributed by atoms with van der Waals surface area (Å²) in [6, 6.07) is 0.